The number of rotatable bonds is 5. The molecule has 1 aromatic heterocycles. The van der Waals surface area contributed by atoms with Crippen molar-refractivity contribution in [1.82, 2.24) is 9.88 Å². The minimum Gasteiger partial charge on any atom is -0.439 e. The van der Waals surface area contributed by atoms with Crippen molar-refractivity contribution in [2.45, 2.75) is 38.5 Å². The van der Waals surface area contributed by atoms with Crippen molar-refractivity contribution in [2.75, 3.05) is 20.6 Å². The average Bonchev–Trinajstić information content (AvgIpc) is 2.55. The Bertz CT molecular complexity index is 668. The maximum absolute atomic E-state index is 5.99. The van der Waals surface area contributed by atoms with Crippen LogP contribution in [0.4, 0.5) is 0 Å². The summed E-state index contributed by atoms with van der Waals surface area (Å²) in [5.74, 6) is 2.93. The second kappa shape index (κ2) is 7.80. The lowest BCUT2D eigenvalue weighted by atomic mass is 9.75. The smallest absolute Gasteiger partial charge is 0.219 e. The van der Waals surface area contributed by atoms with Gasteiger partial charge >= 0.3 is 0 Å². The lowest BCUT2D eigenvalue weighted by molar-refractivity contribution is 0.233. The number of pyridine rings is 1. The van der Waals surface area contributed by atoms with Gasteiger partial charge in [0.2, 0.25) is 5.88 Å². The Hall–Kier alpha value is -1.87. The van der Waals surface area contributed by atoms with Crippen molar-refractivity contribution >= 4 is 0 Å². The number of aryl methyl sites for hydroxylation is 1. The Morgan fingerprint density at radius 1 is 1.08 bits per heavy atom. The fraction of sp³-hybridized carbons (Fsp3) is 0.476. The molecule has 2 atom stereocenters. The van der Waals surface area contributed by atoms with Crippen molar-refractivity contribution in [1.29, 1.82) is 0 Å². The molecule has 24 heavy (non-hydrogen) atoms. The molecule has 1 heterocycles. The zero-order chi connectivity index (χ0) is 16.9. The summed E-state index contributed by atoms with van der Waals surface area (Å²) in [6.07, 6.45) is 5.30. The lowest BCUT2D eigenvalue weighted by Gasteiger charge is -2.34. The summed E-state index contributed by atoms with van der Waals surface area (Å²) in [5.41, 5.74) is 2.38. The molecule has 0 bridgehead atoms. The number of benzene rings is 1. The number of aromatic nitrogens is 1. The SMILES string of the molecule is Cc1cccc(Oc2cccc(C3CCCCC3CN(C)C)c2)n1. The molecule has 0 saturated heterocycles. The van der Waals surface area contributed by atoms with Gasteiger partial charge in [0.1, 0.15) is 5.75 Å². The molecular weight excluding hydrogens is 296 g/mol. The van der Waals surface area contributed by atoms with Gasteiger partial charge in [0.15, 0.2) is 0 Å². The quantitative estimate of drug-likeness (QED) is 0.772. The number of hydrogen-bond donors (Lipinski definition) is 0. The fourth-order valence-electron chi connectivity index (χ4n) is 3.84. The van der Waals surface area contributed by atoms with E-state index < -0.39 is 0 Å². The Morgan fingerprint density at radius 2 is 1.88 bits per heavy atom. The predicted octanol–water partition coefficient (Wildman–Crippen LogP) is 5.02. The van der Waals surface area contributed by atoms with E-state index in [1.807, 2.05) is 31.2 Å². The minimum atomic E-state index is 0.634. The second-order valence-corrected chi connectivity index (χ2v) is 7.21. The van der Waals surface area contributed by atoms with Gasteiger partial charge in [0.05, 0.1) is 0 Å². The van der Waals surface area contributed by atoms with Crippen LogP contribution in [0.1, 0.15) is 42.9 Å². The van der Waals surface area contributed by atoms with Crippen LogP contribution in [0, 0.1) is 12.8 Å². The summed E-state index contributed by atoms with van der Waals surface area (Å²) in [6, 6.07) is 14.5. The van der Waals surface area contributed by atoms with Crippen LogP contribution in [0.5, 0.6) is 11.6 Å². The van der Waals surface area contributed by atoms with Crippen LogP contribution in [-0.2, 0) is 0 Å². The summed E-state index contributed by atoms with van der Waals surface area (Å²) < 4.78 is 5.99. The zero-order valence-electron chi connectivity index (χ0n) is 15.0. The average molecular weight is 324 g/mol. The van der Waals surface area contributed by atoms with Gasteiger partial charge in [0, 0.05) is 18.3 Å². The van der Waals surface area contributed by atoms with E-state index in [1.165, 1.54) is 31.2 Å². The standard InChI is InChI=1S/C21H28N2O/c1-16-8-6-13-21(22-16)24-19-11-7-10-17(14-19)20-12-5-4-9-18(20)15-23(2)3/h6-8,10-11,13-14,18,20H,4-5,9,12,15H2,1-3H3. The highest BCUT2D eigenvalue weighted by Crippen LogP contribution is 2.39. The van der Waals surface area contributed by atoms with Gasteiger partial charge < -0.3 is 9.64 Å². The lowest BCUT2D eigenvalue weighted by Crippen LogP contribution is -2.28. The molecule has 3 heteroatoms. The van der Waals surface area contributed by atoms with Gasteiger partial charge in [-0.15, -0.1) is 0 Å². The van der Waals surface area contributed by atoms with E-state index in [1.54, 1.807) is 0 Å². The highest BCUT2D eigenvalue weighted by atomic mass is 16.5. The summed E-state index contributed by atoms with van der Waals surface area (Å²) in [7, 11) is 4.35. The topological polar surface area (TPSA) is 25.4 Å². The van der Waals surface area contributed by atoms with E-state index in [4.69, 9.17) is 4.74 Å². The van der Waals surface area contributed by atoms with Crippen LogP contribution in [0.25, 0.3) is 0 Å². The Balaban J connectivity index is 1.78. The molecular formula is C21H28N2O. The molecule has 0 radical (unpaired) electrons. The largest absolute Gasteiger partial charge is 0.439 e. The van der Waals surface area contributed by atoms with Crippen molar-refractivity contribution in [2.24, 2.45) is 5.92 Å². The van der Waals surface area contributed by atoms with E-state index in [0.29, 0.717) is 11.8 Å². The van der Waals surface area contributed by atoms with Crippen LogP contribution >= 0.6 is 0 Å². The third-order valence-electron chi connectivity index (χ3n) is 4.88. The first-order valence-corrected chi connectivity index (χ1v) is 8.98. The monoisotopic (exact) mass is 324 g/mol. The van der Waals surface area contributed by atoms with E-state index in [0.717, 1.165) is 23.9 Å². The molecule has 3 rings (SSSR count). The van der Waals surface area contributed by atoms with Gasteiger partial charge in [-0.1, -0.05) is 31.0 Å². The molecule has 0 spiro atoms. The van der Waals surface area contributed by atoms with Gasteiger partial charge in [-0.05, 0) is 69.5 Å². The number of nitrogens with zero attached hydrogens (tertiary/aromatic N) is 2. The fourth-order valence-corrected chi connectivity index (χ4v) is 3.84. The van der Waals surface area contributed by atoms with Crippen molar-refractivity contribution in [3.63, 3.8) is 0 Å². The molecule has 3 nitrogen and oxygen atoms in total. The van der Waals surface area contributed by atoms with Crippen molar-refractivity contribution in [3.05, 3.63) is 53.7 Å². The Labute approximate surface area is 145 Å². The van der Waals surface area contributed by atoms with Gasteiger partial charge in [-0.3, -0.25) is 0 Å². The predicted molar refractivity (Wildman–Crippen MR) is 98.7 cm³/mol. The maximum atomic E-state index is 5.99. The molecule has 0 N–H and O–H groups in total. The minimum absolute atomic E-state index is 0.634. The van der Waals surface area contributed by atoms with Crippen LogP contribution in [0.15, 0.2) is 42.5 Å². The second-order valence-electron chi connectivity index (χ2n) is 7.21. The summed E-state index contributed by atoms with van der Waals surface area (Å²) in [6.45, 7) is 3.15. The number of ether oxygens (including phenoxy) is 1. The Morgan fingerprint density at radius 3 is 2.67 bits per heavy atom. The molecule has 128 valence electrons. The van der Waals surface area contributed by atoms with Crippen LogP contribution < -0.4 is 4.74 Å². The molecule has 1 aliphatic rings. The van der Waals surface area contributed by atoms with E-state index in [9.17, 15) is 0 Å². The highest BCUT2D eigenvalue weighted by molar-refractivity contribution is 5.34. The van der Waals surface area contributed by atoms with Crippen LogP contribution in [0.2, 0.25) is 0 Å². The first-order chi connectivity index (χ1) is 11.6. The summed E-state index contributed by atoms with van der Waals surface area (Å²) in [5, 5.41) is 0. The van der Waals surface area contributed by atoms with Crippen LogP contribution in [-0.4, -0.2) is 30.5 Å². The molecule has 1 aliphatic carbocycles. The van der Waals surface area contributed by atoms with Gasteiger partial charge in [-0.25, -0.2) is 4.98 Å². The van der Waals surface area contributed by atoms with Crippen molar-refractivity contribution in [3.8, 4) is 11.6 Å². The third-order valence-corrected chi connectivity index (χ3v) is 4.88. The van der Waals surface area contributed by atoms with Crippen molar-refractivity contribution < 1.29 is 4.74 Å². The first-order valence-electron chi connectivity index (χ1n) is 8.98. The maximum Gasteiger partial charge on any atom is 0.219 e. The van der Waals surface area contributed by atoms with E-state index in [-0.39, 0.29) is 0 Å². The molecule has 1 aromatic carbocycles. The molecule has 0 aliphatic heterocycles. The third kappa shape index (κ3) is 4.35. The molecule has 1 fully saturated rings. The zero-order valence-corrected chi connectivity index (χ0v) is 15.0. The Kier molecular flexibility index (Phi) is 5.52. The summed E-state index contributed by atoms with van der Waals surface area (Å²) >= 11 is 0. The van der Waals surface area contributed by atoms with E-state index >= 15 is 0 Å². The molecule has 0 amide bonds. The highest BCUT2D eigenvalue weighted by Gasteiger charge is 2.27. The van der Waals surface area contributed by atoms with E-state index in [2.05, 4.69) is 42.2 Å². The molecule has 2 aromatic rings. The van der Waals surface area contributed by atoms with Gasteiger partial charge in [-0.2, -0.15) is 0 Å². The first kappa shape index (κ1) is 17.0. The van der Waals surface area contributed by atoms with Gasteiger partial charge in [0.25, 0.3) is 0 Å². The summed E-state index contributed by atoms with van der Waals surface area (Å²) in [4.78, 5) is 6.76. The molecule has 1 saturated carbocycles. The normalized spacial score (nSPS) is 21.0. The molecule has 2 unspecified atom stereocenters. The number of hydrogen-bond acceptors (Lipinski definition) is 3. The van der Waals surface area contributed by atoms with Crippen LogP contribution in [0.3, 0.4) is 0 Å².